The molecule has 0 aliphatic carbocycles. The van der Waals surface area contributed by atoms with Crippen molar-refractivity contribution in [3.8, 4) is 34.0 Å². The minimum Gasteiger partial charge on any atom is -0.305 e. The van der Waals surface area contributed by atoms with E-state index in [-0.39, 0.29) is 0 Å². The van der Waals surface area contributed by atoms with Crippen molar-refractivity contribution in [3.63, 3.8) is 0 Å². The molecule has 0 atom stereocenters. The van der Waals surface area contributed by atoms with Gasteiger partial charge in [-0.15, -0.1) is 0 Å². The van der Waals surface area contributed by atoms with Crippen LogP contribution in [-0.4, -0.2) is 9.55 Å². The minimum atomic E-state index is 0.879. The monoisotopic (exact) mass is 748 g/mol. The van der Waals surface area contributed by atoms with Gasteiger partial charge in [0.2, 0.25) is 0 Å². The highest BCUT2D eigenvalue weighted by molar-refractivity contribution is 6.37. The van der Waals surface area contributed by atoms with Crippen molar-refractivity contribution in [1.29, 1.82) is 0 Å². The summed E-state index contributed by atoms with van der Waals surface area (Å²) >= 11 is 0. The zero-order chi connectivity index (χ0) is 38.6. The van der Waals surface area contributed by atoms with Gasteiger partial charge in [0.05, 0.1) is 11.1 Å². The smallest absolute Gasteiger partial charge is 0.305 e. The molecule has 0 amide bonds. The number of para-hydroxylation sites is 3. The number of aromatic nitrogens is 3. The average Bonchev–Trinajstić information content (AvgIpc) is 3.65. The molecular weight excluding hydrogens is 715 g/mol. The van der Waals surface area contributed by atoms with Gasteiger partial charge in [-0.05, 0) is 118 Å². The first-order chi connectivity index (χ1) is 29.3. The number of benzene rings is 10. The van der Waals surface area contributed by atoms with E-state index >= 15 is 0 Å². The van der Waals surface area contributed by atoms with Crippen molar-refractivity contribution in [2.45, 2.75) is 0 Å². The first-order valence-corrected chi connectivity index (χ1v) is 20.3. The summed E-state index contributed by atoms with van der Waals surface area (Å²) in [5, 5.41) is 17.7. The number of fused-ring (bicyclic) bond motifs is 5. The second-order valence-corrected chi connectivity index (χ2v) is 15.7. The molecule has 13 rings (SSSR count). The molecule has 59 heavy (non-hydrogen) atoms. The molecule has 13 aromatic rings. The normalized spacial score (nSPS) is 12.1. The van der Waals surface area contributed by atoms with Crippen molar-refractivity contribution in [1.82, 2.24) is 9.55 Å². The lowest BCUT2D eigenvalue weighted by atomic mass is 9.87. The van der Waals surface area contributed by atoms with Crippen LogP contribution in [0.5, 0.6) is 0 Å². The Morgan fingerprint density at radius 2 is 0.915 bits per heavy atom. The Bertz CT molecular complexity index is 3820. The zero-order valence-corrected chi connectivity index (χ0v) is 32.0. The van der Waals surface area contributed by atoms with E-state index in [9.17, 15) is 0 Å². The van der Waals surface area contributed by atoms with Crippen LogP contribution in [0.4, 0.5) is 0 Å². The molecule has 0 N–H and O–H groups in total. The molecule has 0 bridgehead atoms. The van der Waals surface area contributed by atoms with Gasteiger partial charge < -0.3 is 4.57 Å². The maximum atomic E-state index is 5.63. The second kappa shape index (κ2) is 12.3. The van der Waals surface area contributed by atoms with Crippen LogP contribution in [0.3, 0.4) is 0 Å². The van der Waals surface area contributed by atoms with E-state index in [2.05, 4.69) is 216 Å². The summed E-state index contributed by atoms with van der Waals surface area (Å²) in [5.74, 6) is 0.879. The van der Waals surface area contributed by atoms with Crippen molar-refractivity contribution < 1.29 is 4.57 Å². The molecule has 0 radical (unpaired) electrons. The van der Waals surface area contributed by atoms with E-state index in [0.29, 0.717) is 0 Å². The maximum Gasteiger partial charge on any atom is 0.336 e. The number of rotatable bonds is 4. The lowest BCUT2D eigenvalue weighted by Crippen LogP contribution is -2.35. The SMILES string of the molecule is c1ccc(-c2nc(-c3cc4ccc5cccc6c7cccc8ccc9cccc(c(c3)c4c56)c9c87)cc[n+]2-c2cccc3c4ccccc4n(-c4ccccc4)c23)cc1. The summed E-state index contributed by atoms with van der Waals surface area (Å²) in [6.07, 6.45) is 2.22. The average molecular weight is 749 g/mol. The van der Waals surface area contributed by atoms with Crippen LogP contribution in [0, 0.1) is 0 Å². The van der Waals surface area contributed by atoms with Gasteiger partial charge in [-0.1, -0.05) is 146 Å². The summed E-state index contributed by atoms with van der Waals surface area (Å²) < 4.78 is 4.67. The molecule has 0 fully saturated rings. The summed E-state index contributed by atoms with van der Waals surface area (Å²) in [7, 11) is 0. The quantitative estimate of drug-likeness (QED) is 0.130. The molecule has 3 nitrogen and oxygen atoms in total. The minimum absolute atomic E-state index is 0.879. The molecule has 0 unspecified atom stereocenters. The molecule has 11 aromatic carbocycles. The van der Waals surface area contributed by atoms with Crippen LogP contribution in [0.2, 0.25) is 0 Å². The maximum absolute atomic E-state index is 5.63. The van der Waals surface area contributed by atoms with Crippen LogP contribution in [-0.2, 0) is 0 Å². The van der Waals surface area contributed by atoms with E-state index in [1.54, 1.807) is 0 Å². The Kier molecular flexibility index (Phi) is 6.72. The zero-order valence-electron chi connectivity index (χ0n) is 32.0. The fourth-order valence-corrected chi connectivity index (χ4v) is 10.0. The summed E-state index contributed by atoms with van der Waals surface area (Å²) in [5.41, 5.74) is 7.57. The molecular formula is C56H34N3+. The van der Waals surface area contributed by atoms with E-state index in [1.807, 2.05) is 0 Å². The number of hydrogen-bond acceptors (Lipinski definition) is 1. The fourth-order valence-electron chi connectivity index (χ4n) is 10.0. The molecule has 0 saturated carbocycles. The highest BCUT2D eigenvalue weighted by Crippen LogP contribution is 2.44. The molecule has 0 aliphatic heterocycles. The Labute approximate surface area is 339 Å². The van der Waals surface area contributed by atoms with Gasteiger partial charge >= 0.3 is 5.82 Å². The van der Waals surface area contributed by atoms with Crippen molar-refractivity contribution in [2.24, 2.45) is 0 Å². The fraction of sp³-hybridized carbons (Fsp3) is 0. The Morgan fingerprint density at radius 1 is 0.373 bits per heavy atom. The highest BCUT2D eigenvalue weighted by atomic mass is 15.1. The third-order valence-electron chi connectivity index (χ3n) is 12.5. The van der Waals surface area contributed by atoms with Gasteiger partial charge in [-0.2, -0.15) is 4.57 Å². The molecule has 2 heterocycles. The predicted molar refractivity (Wildman–Crippen MR) is 247 cm³/mol. The molecule has 0 aliphatic rings. The van der Waals surface area contributed by atoms with Gasteiger partial charge in [-0.3, -0.25) is 0 Å². The Balaban J connectivity index is 1.13. The predicted octanol–water partition coefficient (Wildman–Crippen LogP) is 14.1. The summed E-state index contributed by atoms with van der Waals surface area (Å²) in [4.78, 5) is 5.63. The lowest BCUT2D eigenvalue weighted by molar-refractivity contribution is -0.585. The second-order valence-electron chi connectivity index (χ2n) is 15.7. The molecule has 0 spiro atoms. The summed E-state index contributed by atoms with van der Waals surface area (Å²) in [6.45, 7) is 0. The van der Waals surface area contributed by atoms with Gasteiger partial charge in [0.15, 0.2) is 11.4 Å². The van der Waals surface area contributed by atoms with E-state index < -0.39 is 0 Å². The van der Waals surface area contributed by atoms with E-state index in [1.165, 1.54) is 80.9 Å². The lowest BCUT2D eigenvalue weighted by Gasteiger charge is -2.16. The van der Waals surface area contributed by atoms with Gasteiger partial charge in [0.1, 0.15) is 11.7 Å². The molecule has 2 aromatic heterocycles. The van der Waals surface area contributed by atoms with Gasteiger partial charge in [-0.25, -0.2) is 0 Å². The van der Waals surface area contributed by atoms with Crippen LogP contribution in [0.1, 0.15) is 0 Å². The number of nitrogens with zero attached hydrogens (tertiary/aromatic N) is 3. The molecule has 0 saturated heterocycles. The Morgan fingerprint density at radius 3 is 1.61 bits per heavy atom. The first kappa shape index (κ1) is 32.2. The molecule has 272 valence electrons. The Hall–Kier alpha value is -7.88. The number of hydrogen-bond donors (Lipinski definition) is 0. The van der Waals surface area contributed by atoms with Crippen LogP contribution < -0.4 is 4.57 Å². The van der Waals surface area contributed by atoms with Gasteiger partial charge in [0, 0.05) is 28.1 Å². The van der Waals surface area contributed by atoms with Crippen molar-refractivity contribution in [3.05, 3.63) is 206 Å². The third-order valence-corrected chi connectivity index (χ3v) is 12.5. The van der Waals surface area contributed by atoms with Crippen molar-refractivity contribution in [2.75, 3.05) is 0 Å². The van der Waals surface area contributed by atoms with Crippen LogP contribution in [0.15, 0.2) is 206 Å². The van der Waals surface area contributed by atoms with Crippen LogP contribution >= 0.6 is 0 Å². The molecule has 3 heteroatoms. The first-order valence-electron chi connectivity index (χ1n) is 20.3. The van der Waals surface area contributed by atoms with Crippen molar-refractivity contribution >= 4 is 86.4 Å². The topological polar surface area (TPSA) is 21.7 Å². The van der Waals surface area contributed by atoms with E-state index in [0.717, 1.165) is 39.5 Å². The third kappa shape index (κ3) is 4.64. The van der Waals surface area contributed by atoms with Crippen LogP contribution in [0.25, 0.3) is 120 Å². The van der Waals surface area contributed by atoms with Gasteiger partial charge in [0.25, 0.3) is 0 Å². The standard InChI is InChI=1S/C56H34N3/c1-3-13-38(14-4-1)56-57-48(31-32-58(56)50-26-12-24-46-42-20-7-8-25-49(42)59(55(46)50)41-18-5-2-6-19-41)40-33-39-30-29-37-16-10-22-44-43-21-9-15-35-27-28-36-17-11-23-45(53(36)51(35)43)47(34-40)54(39)52(37)44/h1-34H/q+1. The largest absolute Gasteiger partial charge is 0.336 e. The summed E-state index contributed by atoms with van der Waals surface area (Å²) in [6, 6.07) is 73.0. The highest BCUT2D eigenvalue weighted by Gasteiger charge is 2.25. The van der Waals surface area contributed by atoms with E-state index in [4.69, 9.17) is 4.98 Å².